The molecule has 0 fully saturated rings. The lowest BCUT2D eigenvalue weighted by Gasteiger charge is -2.44. The molecule has 2 heterocycles. The minimum absolute atomic E-state index is 0.0264. The van der Waals surface area contributed by atoms with Crippen LogP contribution in [0.3, 0.4) is 0 Å². The van der Waals surface area contributed by atoms with Crippen molar-refractivity contribution in [1.29, 1.82) is 0 Å². The summed E-state index contributed by atoms with van der Waals surface area (Å²) in [7, 11) is 0. The van der Waals surface area contributed by atoms with Gasteiger partial charge in [0.2, 0.25) is 0 Å². The molecule has 0 saturated heterocycles. The van der Waals surface area contributed by atoms with Crippen LogP contribution in [0.2, 0.25) is 0 Å². The number of ketones is 1. The number of nitrogens with zero attached hydrogens (tertiary/aromatic N) is 1. The smallest absolute Gasteiger partial charge is 0.162 e. The Bertz CT molecular complexity index is 911. The van der Waals surface area contributed by atoms with Crippen LogP contribution in [0.5, 0.6) is 0 Å². The van der Waals surface area contributed by atoms with Crippen LogP contribution in [-0.4, -0.2) is 10.8 Å². The minimum Gasteiger partial charge on any atom is -0.343 e. The number of benzene rings is 1. The van der Waals surface area contributed by atoms with Gasteiger partial charge in [-0.05, 0) is 42.4 Å². The maximum absolute atomic E-state index is 13.3. The Hall–Kier alpha value is -2.42. The monoisotopic (exact) mass is 346 g/mol. The lowest BCUT2D eigenvalue weighted by Crippen LogP contribution is -2.42. The van der Waals surface area contributed by atoms with Crippen LogP contribution in [0.15, 0.2) is 53.9 Å². The molecule has 4 rings (SSSR count). The van der Waals surface area contributed by atoms with E-state index in [-0.39, 0.29) is 11.2 Å². The average Bonchev–Trinajstić information content (AvgIpc) is 2.60. The van der Waals surface area contributed by atoms with E-state index in [0.717, 1.165) is 41.1 Å². The van der Waals surface area contributed by atoms with Crippen molar-refractivity contribution in [3.63, 3.8) is 0 Å². The molecule has 134 valence electrons. The highest BCUT2D eigenvalue weighted by Gasteiger charge is 2.47. The number of Topliss-reactive ketones (excluding diaryl/α,β-unsaturated/α-hetero) is 1. The van der Waals surface area contributed by atoms with Gasteiger partial charge in [-0.3, -0.25) is 4.79 Å². The number of fused-ring (bicyclic) bond motifs is 1. The van der Waals surface area contributed by atoms with Gasteiger partial charge in [-0.25, -0.2) is 4.98 Å². The van der Waals surface area contributed by atoms with Gasteiger partial charge in [0.1, 0.15) is 5.82 Å². The SMILES string of the molecule is CCc1cnc2c(c1)[C@](C)(c1ccccc1)C1=C(CC(C)(C)CC1=O)N2. The van der Waals surface area contributed by atoms with Crippen molar-refractivity contribution in [3.8, 4) is 0 Å². The largest absolute Gasteiger partial charge is 0.343 e. The molecule has 0 amide bonds. The quantitative estimate of drug-likeness (QED) is 0.830. The first-order valence-electron chi connectivity index (χ1n) is 9.44. The predicted octanol–water partition coefficient (Wildman–Crippen LogP) is 5.02. The lowest BCUT2D eigenvalue weighted by molar-refractivity contribution is -0.118. The molecule has 0 saturated carbocycles. The molecule has 0 radical (unpaired) electrons. The van der Waals surface area contributed by atoms with Gasteiger partial charge in [0.15, 0.2) is 5.78 Å². The van der Waals surface area contributed by atoms with E-state index < -0.39 is 5.41 Å². The summed E-state index contributed by atoms with van der Waals surface area (Å²) in [5.74, 6) is 1.14. The summed E-state index contributed by atoms with van der Waals surface area (Å²) in [6.07, 6.45) is 4.33. The standard InChI is InChI=1S/C23H26N2O/c1-5-15-11-17-21(24-14-15)25-18-12-22(2,3)13-19(26)20(18)23(17,4)16-9-7-6-8-10-16/h6-11,14H,5,12-13H2,1-4H3,(H,24,25)/t23-/m0/s1. The lowest BCUT2D eigenvalue weighted by atomic mass is 9.62. The van der Waals surface area contributed by atoms with Crippen LogP contribution in [0, 0.1) is 5.41 Å². The molecule has 2 aliphatic rings. The molecule has 1 N–H and O–H groups in total. The number of carbonyl (C=O) groups excluding carboxylic acids is 1. The molecule has 0 bridgehead atoms. The van der Waals surface area contributed by atoms with Gasteiger partial charge in [-0.15, -0.1) is 0 Å². The Balaban J connectivity index is 2.01. The second kappa shape index (κ2) is 5.80. The van der Waals surface area contributed by atoms with Crippen LogP contribution >= 0.6 is 0 Å². The first kappa shape index (κ1) is 17.0. The summed E-state index contributed by atoms with van der Waals surface area (Å²) in [6, 6.07) is 12.6. The number of nitrogens with one attached hydrogen (secondary N) is 1. The summed E-state index contributed by atoms with van der Waals surface area (Å²) in [6.45, 7) is 8.66. The Morgan fingerprint density at radius 2 is 1.85 bits per heavy atom. The number of pyridine rings is 1. The number of hydrogen-bond acceptors (Lipinski definition) is 3. The Morgan fingerprint density at radius 3 is 2.54 bits per heavy atom. The minimum atomic E-state index is -0.469. The van der Waals surface area contributed by atoms with E-state index in [0.29, 0.717) is 6.42 Å². The van der Waals surface area contributed by atoms with Crippen molar-refractivity contribution >= 4 is 11.6 Å². The fourth-order valence-corrected chi connectivity index (χ4v) is 4.54. The first-order chi connectivity index (χ1) is 12.3. The highest BCUT2D eigenvalue weighted by molar-refractivity contribution is 6.02. The van der Waals surface area contributed by atoms with Crippen LogP contribution in [0.25, 0.3) is 0 Å². The molecule has 1 aliphatic heterocycles. The zero-order valence-corrected chi connectivity index (χ0v) is 16.0. The molecular formula is C23H26N2O. The molecule has 26 heavy (non-hydrogen) atoms. The molecule has 1 atom stereocenters. The summed E-state index contributed by atoms with van der Waals surface area (Å²) >= 11 is 0. The average molecular weight is 346 g/mol. The number of allylic oxidation sites excluding steroid dienone is 2. The summed E-state index contributed by atoms with van der Waals surface area (Å²) in [5, 5.41) is 3.51. The molecule has 0 spiro atoms. The van der Waals surface area contributed by atoms with Crippen molar-refractivity contribution in [2.75, 3.05) is 5.32 Å². The van der Waals surface area contributed by atoms with E-state index in [9.17, 15) is 4.79 Å². The zero-order chi connectivity index (χ0) is 18.5. The summed E-state index contributed by atoms with van der Waals surface area (Å²) in [5.41, 5.74) is 4.92. The molecule has 2 aromatic rings. The van der Waals surface area contributed by atoms with Gasteiger partial charge in [0.05, 0.1) is 5.41 Å². The third-order valence-electron chi connectivity index (χ3n) is 5.89. The van der Waals surface area contributed by atoms with Crippen molar-refractivity contribution < 1.29 is 4.79 Å². The van der Waals surface area contributed by atoms with E-state index in [1.54, 1.807) is 0 Å². The fourth-order valence-electron chi connectivity index (χ4n) is 4.54. The van der Waals surface area contributed by atoms with E-state index in [1.807, 2.05) is 12.3 Å². The number of aryl methyl sites for hydroxylation is 1. The van der Waals surface area contributed by atoms with Crippen LogP contribution in [0.4, 0.5) is 5.82 Å². The van der Waals surface area contributed by atoms with Crippen molar-refractivity contribution in [2.24, 2.45) is 5.41 Å². The van der Waals surface area contributed by atoms with Gasteiger partial charge in [-0.2, -0.15) is 0 Å². The Labute approximate surface area is 155 Å². The highest BCUT2D eigenvalue weighted by atomic mass is 16.1. The molecule has 0 unspecified atom stereocenters. The summed E-state index contributed by atoms with van der Waals surface area (Å²) in [4.78, 5) is 18.0. The number of carbonyl (C=O) groups is 1. The normalized spacial score (nSPS) is 23.9. The maximum Gasteiger partial charge on any atom is 0.162 e. The van der Waals surface area contributed by atoms with Crippen molar-refractivity contribution in [3.05, 3.63) is 70.6 Å². The van der Waals surface area contributed by atoms with Gasteiger partial charge in [0, 0.05) is 29.5 Å². The van der Waals surface area contributed by atoms with Gasteiger partial charge >= 0.3 is 0 Å². The number of aromatic nitrogens is 1. The van der Waals surface area contributed by atoms with Crippen LogP contribution in [-0.2, 0) is 16.6 Å². The molecule has 1 aromatic heterocycles. The number of rotatable bonds is 2. The molecule has 1 aromatic carbocycles. The molecule has 1 aliphatic carbocycles. The number of anilines is 1. The second-order valence-electron chi connectivity index (χ2n) is 8.50. The van der Waals surface area contributed by atoms with Crippen molar-refractivity contribution in [1.82, 2.24) is 4.98 Å². The van der Waals surface area contributed by atoms with E-state index in [1.165, 1.54) is 5.56 Å². The third-order valence-corrected chi connectivity index (χ3v) is 5.89. The van der Waals surface area contributed by atoms with E-state index in [2.05, 4.69) is 63.3 Å². The topological polar surface area (TPSA) is 42.0 Å². The van der Waals surface area contributed by atoms with Gasteiger partial charge in [-0.1, -0.05) is 51.1 Å². The third kappa shape index (κ3) is 2.49. The molecule has 3 nitrogen and oxygen atoms in total. The van der Waals surface area contributed by atoms with Crippen LogP contribution in [0.1, 0.15) is 57.2 Å². The maximum atomic E-state index is 13.3. The summed E-state index contributed by atoms with van der Waals surface area (Å²) < 4.78 is 0. The van der Waals surface area contributed by atoms with Gasteiger partial charge < -0.3 is 5.32 Å². The Kier molecular flexibility index (Phi) is 3.80. The predicted molar refractivity (Wildman–Crippen MR) is 105 cm³/mol. The molecule has 3 heteroatoms. The number of hydrogen-bond donors (Lipinski definition) is 1. The van der Waals surface area contributed by atoms with Gasteiger partial charge in [0.25, 0.3) is 0 Å². The molecular weight excluding hydrogens is 320 g/mol. The Morgan fingerprint density at radius 1 is 1.12 bits per heavy atom. The van der Waals surface area contributed by atoms with Crippen molar-refractivity contribution in [2.45, 2.75) is 52.4 Å². The highest BCUT2D eigenvalue weighted by Crippen LogP contribution is 2.52. The van der Waals surface area contributed by atoms with E-state index >= 15 is 0 Å². The zero-order valence-electron chi connectivity index (χ0n) is 16.0. The second-order valence-corrected chi connectivity index (χ2v) is 8.50. The van der Waals surface area contributed by atoms with E-state index in [4.69, 9.17) is 4.98 Å². The fraction of sp³-hybridized carbons (Fsp3) is 0.391. The van der Waals surface area contributed by atoms with Crippen LogP contribution < -0.4 is 5.32 Å². The first-order valence-corrected chi connectivity index (χ1v) is 9.44.